The number of hydrogen-bond acceptors (Lipinski definition) is 0. The lowest BCUT2D eigenvalue weighted by atomic mass is 9.99. The van der Waals surface area contributed by atoms with Gasteiger partial charge in [0.05, 0.1) is 11.0 Å². The lowest BCUT2D eigenvalue weighted by Crippen LogP contribution is -1.94. The van der Waals surface area contributed by atoms with Gasteiger partial charge in [-0.1, -0.05) is 78.9 Å². The van der Waals surface area contributed by atoms with Gasteiger partial charge in [0.25, 0.3) is 0 Å². The number of aromatic amines is 1. The zero-order valence-electron chi connectivity index (χ0n) is 21.0. The highest BCUT2D eigenvalue weighted by Crippen LogP contribution is 2.36. The van der Waals surface area contributed by atoms with Crippen LogP contribution < -0.4 is 0 Å². The van der Waals surface area contributed by atoms with E-state index in [0.717, 1.165) is 12.8 Å². The van der Waals surface area contributed by atoms with Gasteiger partial charge in [-0.15, -0.1) is 0 Å². The Morgan fingerprint density at radius 2 is 1.21 bits per heavy atom. The molecule has 0 fully saturated rings. The maximum atomic E-state index is 3.55. The van der Waals surface area contributed by atoms with Crippen molar-refractivity contribution in [2.24, 2.45) is 0 Å². The van der Waals surface area contributed by atoms with Crippen LogP contribution in [0.15, 0.2) is 127 Å². The van der Waals surface area contributed by atoms with Crippen molar-refractivity contribution in [3.8, 4) is 16.8 Å². The predicted octanol–water partition coefficient (Wildman–Crippen LogP) is 9.82. The summed E-state index contributed by atoms with van der Waals surface area (Å²) in [5.41, 5.74) is 11.1. The quantitative estimate of drug-likeness (QED) is 0.257. The third kappa shape index (κ3) is 3.27. The highest BCUT2D eigenvalue weighted by molar-refractivity contribution is 6.11. The number of benzene rings is 5. The van der Waals surface area contributed by atoms with Crippen LogP contribution in [-0.2, 0) is 0 Å². The van der Waals surface area contributed by atoms with Gasteiger partial charge in [0.15, 0.2) is 0 Å². The lowest BCUT2D eigenvalue weighted by Gasteiger charge is -2.11. The van der Waals surface area contributed by atoms with Gasteiger partial charge in [0.1, 0.15) is 0 Å². The smallest absolute Gasteiger partial charge is 0.0541 e. The second kappa shape index (κ2) is 8.36. The summed E-state index contributed by atoms with van der Waals surface area (Å²) in [5.74, 6) is 0. The fourth-order valence-electron chi connectivity index (χ4n) is 6.09. The van der Waals surface area contributed by atoms with E-state index in [1.165, 1.54) is 71.6 Å². The van der Waals surface area contributed by atoms with Crippen LogP contribution in [-0.4, -0.2) is 9.55 Å². The number of fused-ring (bicyclic) bond motifs is 6. The Bertz CT molecular complexity index is 2060. The molecule has 1 aliphatic carbocycles. The molecule has 1 N–H and O–H groups in total. The van der Waals surface area contributed by atoms with Gasteiger partial charge < -0.3 is 9.55 Å². The second-order valence-corrected chi connectivity index (χ2v) is 10.2. The number of para-hydroxylation sites is 2. The summed E-state index contributed by atoms with van der Waals surface area (Å²) >= 11 is 0. The normalized spacial score (nSPS) is 13.6. The third-order valence-corrected chi connectivity index (χ3v) is 7.97. The molecule has 8 rings (SSSR count). The molecular formula is C36H26N2. The second-order valence-electron chi connectivity index (χ2n) is 10.2. The lowest BCUT2D eigenvalue weighted by molar-refractivity contribution is 1.04. The molecule has 1 aliphatic rings. The average Bonchev–Trinajstić information content (AvgIpc) is 3.53. The van der Waals surface area contributed by atoms with E-state index in [1.54, 1.807) is 0 Å². The number of allylic oxidation sites excluding steroid dienone is 4. The van der Waals surface area contributed by atoms with E-state index >= 15 is 0 Å². The summed E-state index contributed by atoms with van der Waals surface area (Å²) in [6, 6.07) is 39.9. The molecule has 0 bridgehead atoms. The Hall–Kier alpha value is -4.82. The molecule has 7 aromatic rings. The standard InChI is InChI=1S/C36H26N2/c1-2-8-24(9-3-1)25-14-18-28(19-15-25)38-35-13-7-5-11-30(35)32-23-27(17-21-36(32)38)26-16-20-34-31(22-26)29-10-4-6-12-33(29)37-34/h2,4-23,37H,1,3H2. The summed E-state index contributed by atoms with van der Waals surface area (Å²) in [6.45, 7) is 0. The summed E-state index contributed by atoms with van der Waals surface area (Å²) < 4.78 is 2.40. The van der Waals surface area contributed by atoms with E-state index in [4.69, 9.17) is 0 Å². The van der Waals surface area contributed by atoms with Gasteiger partial charge in [-0.25, -0.2) is 0 Å². The monoisotopic (exact) mass is 486 g/mol. The van der Waals surface area contributed by atoms with Gasteiger partial charge in [-0.2, -0.15) is 0 Å². The molecule has 0 atom stereocenters. The van der Waals surface area contributed by atoms with Crippen LogP contribution in [0.5, 0.6) is 0 Å². The molecule has 0 radical (unpaired) electrons. The van der Waals surface area contributed by atoms with Crippen LogP contribution in [0.2, 0.25) is 0 Å². The van der Waals surface area contributed by atoms with Crippen LogP contribution in [0.25, 0.3) is 66.0 Å². The van der Waals surface area contributed by atoms with E-state index in [2.05, 4.69) is 137 Å². The molecule has 2 heteroatoms. The first-order chi connectivity index (χ1) is 18.8. The SMILES string of the molecule is C1=CC(c2ccc(-n3c4ccccc4c4cc(-c5ccc6[nH]c7ccccc7c6c5)ccc43)cc2)=CCC1. The highest BCUT2D eigenvalue weighted by Gasteiger charge is 2.14. The van der Waals surface area contributed by atoms with Crippen molar-refractivity contribution >= 4 is 49.2 Å². The van der Waals surface area contributed by atoms with Crippen molar-refractivity contribution in [3.63, 3.8) is 0 Å². The molecule has 0 amide bonds. The molecule has 0 unspecified atom stereocenters. The molecule has 180 valence electrons. The fraction of sp³-hybridized carbons (Fsp3) is 0.0556. The van der Waals surface area contributed by atoms with E-state index in [9.17, 15) is 0 Å². The summed E-state index contributed by atoms with van der Waals surface area (Å²) in [7, 11) is 0. The topological polar surface area (TPSA) is 20.7 Å². The molecule has 0 saturated carbocycles. The number of aromatic nitrogens is 2. The summed E-state index contributed by atoms with van der Waals surface area (Å²) in [5, 5.41) is 5.09. The van der Waals surface area contributed by atoms with E-state index in [0.29, 0.717) is 0 Å². The Morgan fingerprint density at radius 3 is 2.05 bits per heavy atom. The van der Waals surface area contributed by atoms with Crippen LogP contribution in [0, 0.1) is 0 Å². The van der Waals surface area contributed by atoms with Gasteiger partial charge in [-0.05, 0) is 83.6 Å². The van der Waals surface area contributed by atoms with Gasteiger partial charge in [0.2, 0.25) is 0 Å². The maximum Gasteiger partial charge on any atom is 0.0541 e. The van der Waals surface area contributed by atoms with E-state index in [1.807, 2.05) is 0 Å². The Morgan fingerprint density at radius 1 is 0.526 bits per heavy atom. The zero-order chi connectivity index (χ0) is 25.1. The van der Waals surface area contributed by atoms with Crippen molar-refractivity contribution in [2.45, 2.75) is 12.8 Å². The fourth-order valence-corrected chi connectivity index (χ4v) is 6.09. The summed E-state index contributed by atoms with van der Waals surface area (Å²) in [6.07, 6.45) is 9.11. The minimum atomic E-state index is 1.12. The Labute approximate surface area is 221 Å². The number of H-pyrrole nitrogens is 1. The van der Waals surface area contributed by atoms with Gasteiger partial charge in [-0.3, -0.25) is 0 Å². The number of nitrogens with zero attached hydrogens (tertiary/aromatic N) is 1. The van der Waals surface area contributed by atoms with Crippen LogP contribution in [0.4, 0.5) is 0 Å². The Balaban J connectivity index is 1.28. The third-order valence-electron chi connectivity index (χ3n) is 7.97. The van der Waals surface area contributed by atoms with Gasteiger partial charge >= 0.3 is 0 Å². The van der Waals surface area contributed by atoms with Crippen LogP contribution >= 0.6 is 0 Å². The zero-order valence-corrected chi connectivity index (χ0v) is 21.0. The predicted molar refractivity (Wildman–Crippen MR) is 162 cm³/mol. The number of hydrogen-bond donors (Lipinski definition) is 1. The van der Waals surface area contributed by atoms with Crippen molar-refractivity contribution in [3.05, 3.63) is 133 Å². The Kier molecular flexibility index (Phi) is 4.68. The van der Waals surface area contributed by atoms with Crippen molar-refractivity contribution in [2.75, 3.05) is 0 Å². The molecule has 2 nitrogen and oxygen atoms in total. The molecule has 2 aromatic heterocycles. The van der Waals surface area contributed by atoms with Crippen molar-refractivity contribution in [1.82, 2.24) is 9.55 Å². The average molecular weight is 487 g/mol. The minimum absolute atomic E-state index is 1.12. The van der Waals surface area contributed by atoms with Crippen LogP contribution in [0.1, 0.15) is 18.4 Å². The first kappa shape index (κ1) is 21.3. The minimum Gasteiger partial charge on any atom is -0.355 e. The molecule has 38 heavy (non-hydrogen) atoms. The first-order valence-electron chi connectivity index (χ1n) is 13.4. The highest BCUT2D eigenvalue weighted by atomic mass is 15.0. The molecular weight excluding hydrogens is 460 g/mol. The van der Waals surface area contributed by atoms with Crippen molar-refractivity contribution < 1.29 is 0 Å². The summed E-state index contributed by atoms with van der Waals surface area (Å²) in [4.78, 5) is 3.55. The van der Waals surface area contributed by atoms with Crippen molar-refractivity contribution in [1.29, 1.82) is 0 Å². The van der Waals surface area contributed by atoms with E-state index < -0.39 is 0 Å². The number of rotatable bonds is 3. The molecule has 0 saturated heterocycles. The van der Waals surface area contributed by atoms with E-state index in [-0.39, 0.29) is 0 Å². The molecule has 0 aliphatic heterocycles. The first-order valence-corrected chi connectivity index (χ1v) is 13.4. The van der Waals surface area contributed by atoms with Crippen LogP contribution in [0.3, 0.4) is 0 Å². The molecule has 2 heterocycles. The van der Waals surface area contributed by atoms with Gasteiger partial charge in [0, 0.05) is 38.3 Å². The molecule has 0 spiro atoms. The number of nitrogens with one attached hydrogen (secondary N) is 1. The maximum absolute atomic E-state index is 3.55. The molecule has 5 aromatic carbocycles. The largest absolute Gasteiger partial charge is 0.355 e.